The summed E-state index contributed by atoms with van der Waals surface area (Å²) < 4.78 is 52.6. The van der Waals surface area contributed by atoms with Crippen molar-refractivity contribution in [2.75, 3.05) is 5.73 Å². The number of nitrogens with zero attached hydrogens (tertiary/aromatic N) is 3. The van der Waals surface area contributed by atoms with Crippen LogP contribution in [0.25, 0.3) is 5.69 Å². The van der Waals surface area contributed by atoms with E-state index in [1.807, 2.05) is 0 Å². The molecule has 2 rings (SSSR count). The smallest absolute Gasteiger partial charge is 0.391 e. The molecule has 2 N–H and O–H groups in total. The Labute approximate surface area is 139 Å². The van der Waals surface area contributed by atoms with Gasteiger partial charge in [0.15, 0.2) is 5.82 Å². The van der Waals surface area contributed by atoms with E-state index < -0.39 is 55.9 Å². The van der Waals surface area contributed by atoms with Crippen LogP contribution >= 0.6 is 11.6 Å². The predicted molar refractivity (Wildman–Crippen MR) is 78.3 cm³/mol. The molecule has 0 fully saturated rings. The Kier molecular flexibility index (Phi) is 4.34. The number of rotatable bonds is 2. The fraction of sp³-hybridized carbons (Fsp3) is 0.167. The van der Waals surface area contributed by atoms with E-state index in [2.05, 4.69) is 0 Å². The topological polar surface area (TPSA) is 113 Å². The highest BCUT2D eigenvalue weighted by Gasteiger charge is 2.36. The molecule has 134 valence electrons. The van der Waals surface area contributed by atoms with Crippen molar-refractivity contribution in [2.24, 2.45) is 7.05 Å². The average Bonchev–Trinajstić information content (AvgIpc) is 2.44. The normalized spacial score (nSPS) is 11.6. The second-order valence-electron chi connectivity index (χ2n) is 4.75. The third kappa shape index (κ3) is 2.95. The lowest BCUT2D eigenvalue weighted by Crippen LogP contribution is -2.41. The van der Waals surface area contributed by atoms with Crippen LogP contribution in [0.4, 0.5) is 28.9 Å². The molecule has 0 bridgehead atoms. The van der Waals surface area contributed by atoms with E-state index in [0.717, 1.165) is 0 Å². The molecule has 1 heterocycles. The van der Waals surface area contributed by atoms with E-state index in [9.17, 15) is 37.3 Å². The number of halogens is 5. The van der Waals surface area contributed by atoms with Crippen LogP contribution in [0.15, 0.2) is 21.7 Å². The zero-order valence-corrected chi connectivity index (χ0v) is 12.9. The number of benzene rings is 1. The quantitative estimate of drug-likeness (QED) is 0.368. The van der Waals surface area contributed by atoms with Crippen LogP contribution in [-0.2, 0) is 13.2 Å². The summed E-state index contributed by atoms with van der Waals surface area (Å²) in [5, 5.41) is 10.3. The second kappa shape index (κ2) is 5.88. The van der Waals surface area contributed by atoms with Gasteiger partial charge in [0.25, 0.3) is 5.56 Å². The van der Waals surface area contributed by atoms with Gasteiger partial charge in [-0.15, -0.1) is 0 Å². The Morgan fingerprint density at radius 3 is 2.32 bits per heavy atom. The molecule has 1 aromatic carbocycles. The fourth-order valence-corrected chi connectivity index (χ4v) is 2.40. The minimum Gasteiger partial charge on any atom is -0.391 e. The molecule has 1 aromatic heterocycles. The molecular formula is C12H7ClF4N4O4. The molecule has 8 nitrogen and oxygen atoms in total. The molecule has 0 aliphatic heterocycles. The van der Waals surface area contributed by atoms with Crippen molar-refractivity contribution in [3.8, 4) is 5.69 Å². The van der Waals surface area contributed by atoms with E-state index in [0.29, 0.717) is 13.1 Å². The van der Waals surface area contributed by atoms with Gasteiger partial charge in [-0.3, -0.25) is 19.5 Å². The summed E-state index contributed by atoms with van der Waals surface area (Å²) in [6.45, 7) is 0. The third-order valence-corrected chi connectivity index (χ3v) is 3.52. The van der Waals surface area contributed by atoms with Crippen molar-refractivity contribution < 1.29 is 22.5 Å². The van der Waals surface area contributed by atoms with Gasteiger partial charge >= 0.3 is 17.6 Å². The predicted octanol–water partition coefficient (Wildman–Crippen LogP) is 1.84. The van der Waals surface area contributed by atoms with E-state index in [1.165, 1.54) is 0 Å². The fourth-order valence-electron chi connectivity index (χ4n) is 2.13. The van der Waals surface area contributed by atoms with Gasteiger partial charge in [-0.2, -0.15) is 13.2 Å². The van der Waals surface area contributed by atoms with Gasteiger partial charge in [0.05, 0.1) is 4.92 Å². The van der Waals surface area contributed by atoms with E-state index in [-0.39, 0.29) is 15.2 Å². The van der Waals surface area contributed by atoms with Crippen LogP contribution < -0.4 is 17.0 Å². The molecular weight excluding hydrogens is 376 g/mol. The van der Waals surface area contributed by atoms with Crippen molar-refractivity contribution in [2.45, 2.75) is 6.18 Å². The van der Waals surface area contributed by atoms with Crippen LogP contribution in [0.1, 0.15) is 5.69 Å². The van der Waals surface area contributed by atoms with Crippen molar-refractivity contribution in [3.63, 3.8) is 0 Å². The summed E-state index contributed by atoms with van der Waals surface area (Å²) in [5.74, 6) is -1.40. The van der Waals surface area contributed by atoms with Crippen molar-refractivity contribution in [3.05, 3.63) is 59.6 Å². The number of aromatic nitrogens is 2. The number of nitrogen functional groups attached to an aromatic ring is 1. The molecule has 0 saturated heterocycles. The van der Waals surface area contributed by atoms with E-state index in [4.69, 9.17) is 17.3 Å². The monoisotopic (exact) mass is 382 g/mol. The first-order chi connectivity index (χ1) is 11.4. The van der Waals surface area contributed by atoms with Crippen LogP contribution in [0.3, 0.4) is 0 Å². The molecule has 13 heteroatoms. The molecule has 0 radical (unpaired) electrons. The summed E-state index contributed by atoms with van der Waals surface area (Å²) in [5.41, 5.74) is -2.35. The molecule has 0 amide bonds. The Morgan fingerprint density at radius 2 is 1.84 bits per heavy atom. The number of nitrogens with two attached hydrogens (primary N) is 1. The van der Waals surface area contributed by atoms with Gasteiger partial charge in [-0.1, -0.05) is 11.6 Å². The van der Waals surface area contributed by atoms with Crippen LogP contribution in [0.2, 0.25) is 5.02 Å². The first kappa shape index (κ1) is 18.4. The molecule has 0 saturated carbocycles. The van der Waals surface area contributed by atoms with E-state index in [1.54, 1.807) is 0 Å². The maximum Gasteiger partial charge on any atom is 0.431 e. The maximum absolute atomic E-state index is 14.1. The molecule has 0 aliphatic carbocycles. The zero-order valence-electron chi connectivity index (χ0n) is 12.1. The lowest BCUT2D eigenvalue weighted by Gasteiger charge is -2.15. The van der Waals surface area contributed by atoms with Crippen molar-refractivity contribution >= 4 is 23.0 Å². The van der Waals surface area contributed by atoms with Gasteiger partial charge in [0.1, 0.15) is 22.1 Å². The highest BCUT2D eigenvalue weighted by molar-refractivity contribution is 6.33. The lowest BCUT2D eigenvalue weighted by atomic mass is 10.2. The van der Waals surface area contributed by atoms with E-state index >= 15 is 0 Å². The largest absolute Gasteiger partial charge is 0.431 e. The van der Waals surface area contributed by atoms with Crippen LogP contribution in [0.5, 0.6) is 0 Å². The third-order valence-electron chi connectivity index (χ3n) is 3.23. The number of nitro benzene ring substituents is 1. The molecule has 25 heavy (non-hydrogen) atoms. The van der Waals surface area contributed by atoms with Crippen molar-refractivity contribution in [1.82, 2.24) is 9.13 Å². The van der Waals surface area contributed by atoms with Gasteiger partial charge < -0.3 is 5.73 Å². The minimum atomic E-state index is -5.03. The number of hydrogen-bond donors (Lipinski definition) is 1. The SMILES string of the molecule is Cn1c(C(F)(F)F)cc(=O)n(-c2c(F)cc(Cl)c([N+](=O)[O-])c2N)c1=O. The van der Waals surface area contributed by atoms with Crippen LogP contribution in [0, 0.1) is 15.9 Å². The molecule has 0 atom stereocenters. The van der Waals surface area contributed by atoms with Gasteiger partial charge in [-0.05, 0) is 0 Å². The Morgan fingerprint density at radius 1 is 1.28 bits per heavy atom. The zero-order chi connectivity index (χ0) is 19.3. The summed E-state index contributed by atoms with van der Waals surface area (Å²) in [6, 6.07) is 0.468. The van der Waals surface area contributed by atoms with Crippen LogP contribution in [-0.4, -0.2) is 14.1 Å². The number of hydrogen-bond acceptors (Lipinski definition) is 5. The molecule has 2 aromatic rings. The lowest BCUT2D eigenvalue weighted by molar-refractivity contribution is -0.383. The summed E-state index contributed by atoms with van der Waals surface area (Å²) in [7, 11) is 0.694. The van der Waals surface area contributed by atoms with Gasteiger partial charge in [0, 0.05) is 19.2 Å². The molecule has 0 aliphatic rings. The number of alkyl halides is 3. The average molecular weight is 383 g/mol. The number of nitro groups is 1. The number of anilines is 1. The highest BCUT2D eigenvalue weighted by atomic mass is 35.5. The standard InChI is InChI=1S/C12H7ClF4N4O4/c1-19-6(12(15,16)17)3-7(22)20(11(19)23)10-5(14)2-4(13)9(8(10)18)21(24)25/h2-3H,18H2,1H3. The molecule has 0 unspecified atom stereocenters. The van der Waals surface area contributed by atoms with Crippen molar-refractivity contribution in [1.29, 1.82) is 0 Å². The second-order valence-corrected chi connectivity index (χ2v) is 5.16. The molecule has 0 spiro atoms. The summed E-state index contributed by atoms with van der Waals surface area (Å²) >= 11 is 5.50. The maximum atomic E-state index is 14.1. The summed E-state index contributed by atoms with van der Waals surface area (Å²) in [6.07, 6.45) is -5.03. The Balaban J connectivity index is 2.98. The first-order valence-electron chi connectivity index (χ1n) is 6.20. The van der Waals surface area contributed by atoms with Gasteiger partial charge in [0.2, 0.25) is 0 Å². The Hall–Kier alpha value is -2.89. The first-order valence-corrected chi connectivity index (χ1v) is 6.58. The summed E-state index contributed by atoms with van der Waals surface area (Å²) in [4.78, 5) is 34.0. The van der Waals surface area contributed by atoms with Gasteiger partial charge in [-0.25, -0.2) is 13.8 Å². The highest BCUT2D eigenvalue weighted by Crippen LogP contribution is 2.36. The minimum absolute atomic E-state index is 0.0385. The Bertz CT molecular complexity index is 1010.